The molecule has 3 aromatic carbocycles. The summed E-state index contributed by atoms with van der Waals surface area (Å²) >= 11 is 0. The van der Waals surface area contributed by atoms with Crippen molar-refractivity contribution in [1.82, 2.24) is 5.32 Å². The Labute approximate surface area is 199 Å². The third-order valence-corrected chi connectivity index (χ3v) is 5.69. The number of furan rings is 1. The topological polar surface area (TPSA) is 51.5 Å². The van der Waals surface area contributed by atoms with Crippen LogP contribution in [0.3, 0.4) is 0 Å². The Morgan fingerprint density at radius 3 is 2.59 bits per heavy atom. The number of carbonyl (C=O) groups excluding carboxylic acids is 1. The number of fused-ring (bicyclic) bond motifs is 1. The van der Waals surface area contributed by atoms with E-state index in [1.54, 1.807) is 24.5 Å². The first kappa shape index (κ1) is 23.3. The molecule has 4 aromatic rings. The Kier molecular flexibility index (Phi) is 7.43. The molecule has 4 nitrogen and oxygen atoms in total. The van der Waals surface area contributed by atoms with E-state index in [0.717, 1.165) is 40.5 Å². The summed E-state index contributed by atoms with van der Waals surface area (Å²) in [6.45, 7) is 4.90. The first-order valence-corrected chi connectivity index (χ1v) is 11.5. The van der Waals surface area contributed by atoms with Crippen molar-refractivity contribution in [1.29, 1.82) is 0 Å². The zero-order valence-corrected chi connectivity index (χ0v) is 19.4. The number of hydrogen-bond donors (Lipinski definition) is 1. The van der Waals surface area contributed by atoms with E-state index < -0.39 is 0 Å². The maximum atomic E-state index is 13.4. The summed E-state index contributed by atoms with van der Waals surface area (Å²) in [7, 11) is 0. The van der Waals surface area contributed by atoms with Crippen molar-refractivity contribution in [3.8, 4) is 16.9 Å². The SMILES string of the molecule is CCOc1cc2occ(-c3ccc(F)cc3)c2cc1/C(C)=C/C(=O)NCCCc1ccccc1. The Morgan fingerprint density at radius 1 is 1.09 bits per heavy atom. The van der Waals surface area contributed by atoms with Crippen LogP contribution in [0.4, 0.5) is 4.39 Å². The number of amides is 1. The number of benzene rings is 3. The van der Waals surface area contributed by atoms with Gasteiger partial charge in [0.2, 0.25) is 5.91 Å². The highest BCUT2D eigenvalue weighted by atomic mass is 19.1. The smallest absolute Gasteiger partial charge is 0.244 e. The van der Waals surface area contributed by atoms with Crippen molar-refractivity contribution in [2.45, 2.75) is 26.7 Å². The molecule has 0 spiro atoms. The third kappa shape index (κ3) is 5.54. The van der Waals surface area contributed by atoms with Crippen LogP contribution >= 0.6 is 0 Å². The molecule has 0 aliphatic rings. The van der Waals surface area contributed by atoms with Crippen LogP contribution in [0.15, 0.2) is 83.5 Å². The summed E-state index contributed by atoms with van der Waals surface area (Å²) in [6.07, 6.45) is 5.05. The first-order valence-electron chi connectivity index (χ1n) is 11.5. The van der Waals surface area contributed by atoms with Crippen molar-refractivity contribution in [3.63, 3.8) is 0 Å². The van der Waals surface area contributed by atoms with Crippen molar-refractivity contribution in [2.24, 2.45) is 0 Å². The van der Waals surface area contributed by atoms with Gasteiger partial charge >= 0.3 is 0 Å². The highest BCUT2D eigenvalue weighted by molar-refractivity contribution is 6.00. The van der Waals surface area contributed by atoms with Crippen LogP contribution in [-0.2, 0) is 11.2 Å². The third-order valence-electron chi connectivity index (χ3n) is 5.69. The zero-order chi connectivity index (χ0) is 23.9. The Balaban J connectivity index is 1.53. The Hall–Kier alpha value is -3.86. The second-order valence-electron chi connectivity index (χ2n) is 8.14. The number of aryl methyl sites for hydroxylation is 1. The molecule has 0 radical (unpaired) electrons. The molecule has 4 rings (SSSR count). The maximum Gasteiger partial charge on any atom is 0.244 e. The Morgan fingerprint density at radius 2 is 1.85 bits per heavy atom. The van der Waals surface area contributed by atoms with Crippen LogP contribution in [0.2, 0.25) is 0 Å². The molecule has 0 atom stereocenters. The highest BCUT2D eigenvalue weighted by Gasteiger charge is 2.15. The predicted molar refractivity (Wildman–Crippen MR) is 134 cm³/mol. The normalized spacial score (nSPS) is 11.6. The fourth-order valence-electron chi connectivity index (χ4n) is 3.97. The van der Waals surface area contributed by atoms with Gasteiger partial charge in [-0.15, -0.1) is 0 Å². The van der Waals surface area contributed by atoms with Gasteiger partial charge in [0.15, 0.2) is 0 Å². The number of nitrogens with one attached hydrogen (secondary N) is 1. The van der Waals surface area contributed by atoms with Gasteiger partial charge in [-0.25, -0.2) is 4.39 Å². The summed E-state index contributed by atoms with van der Waals surface area (Å²) in [5, 5.41) is 3.85. The molecule has 5 heteroatoms. The number of halogens is 1. The lowest BCUT2D eigenvalue weighted by molar-refractivity contribution is -0.116. The van der Waals surface area contributed by atoms with Gasteiger partial charge in [0, 0.05) is 35.2 Å². The first-order chi connectivity index (χ1) is 16.5. The van der Waals surface area contributed by atoms with E-state index in [9.17, 15) is 9.18 Å². The van der Waals surface area contributed by atoms with Gasteiger partial charge < -0.3 is 14.5 Å². The van der Waals surface area contributed by atoms with E-state index in [2.05, 4.69) is 17.4 Å². The number of allylic oxidation sites excluding steroid dienone is 1. The van der Waals surface area contributed by atoms with Gasteiger partial charge in [0.1, 0.15) is 17.1 Å². The number of carbonyl (C=O) groups is 1. The second-order valence-corrected chi connectivity index (χ2v) is 8.14. The number of rotatable bonds is 9. The average molecular weight is 458 g/mol. The summed E-state index contributed by atoms with van der Waals surface area (Å²) in [5.74, 6) is 0.226. The van der Waals surface area contributed by atoms with Crippen molar-refractivity contribution < 1.29 is 18.3 Å². The molecule has 1 amide bonds. The quantitative estimate of drug-likeness (QED) is 0.222. The van der Waals surface area contributed by atoms with Gasteiger partial charge in [-0.05, 0) is 61.6 Å². The molecule has 0 aliphatic carbocycles. The minimum Gasteiger partial charge on any atom is -0.493 e. The minimum absolute atomic E-state index is 0.140. The molecule has 0 aliphatic heterocycles. The van der Waals surface area contributed by atoms with Gasteiger partial charge in [-0.1, -0.05) is 42.5 Å². The monoisotopic (exact) mass is 457 g/mol. The molecule has 0 saturated heterocycles. The van der Waals surface area contributed by atoms with E-state index in [4.69, 9.17) is 9.15 Å². The second kappa shape index (κ2) is 10.8. The van der Waals surface area contributed by atoms with Gasteiger partial charge in [0.25, 0.3) is 0 Å². The molecule has 1 aromatic heterocycles. The van der Waals surface area contributed by atoms with Crippen molar-refractivity contribution in [2.75, 3.05) is 13.2 Å². The molecule has 34 heavy (non-hydrogen) atoms. The fourth-order valence-corrected chi connectivity index (χ4v) is 3.97. The lowest BCUT2D eigenvalue weighted by Crippen LogP contribution is -2.22. The van der Waals surface area contributed by atoms with E-state index in [1.807, 2.05) is 44.2 Å². The van der Waals surface area contributed by atoms with Crippen LogP contribution in [0, 0.1) is 5.82 Å². The summed E-state index contributed by atoms with van der Waals surface area (Å²) in [6, 6.07) is 20.3. The standard InChI is InChI=1S/C29H28FNO3/c1-3-33-27-18-28-25(26(19-34-28)22-11-13-23(30)14-12-22)17-24(27)20(2)16-29(32)31-15-7-10-21-8-5-4-6-9-21/h4-6,8-9,11-14,16-19H,3,7,10,15H2,1-2H3,(H,31,32)/b20-16+. The van der Waals surface area contributed by atoms with Crippen molar-refractivity contribution in [3.05, 3.63) is 96.0 Å². The van der Waals surface area contributed by atoms with Crippen LogP contribution in [-0.4, -0.2) is 19.1 Å². The lowest BCUT2D eigenvalue weighted by atomic mass is 9.99. The van der Waals surface area contributed by atoms with Gasteiger partial charge in [-0.2, -0.15) is 0 Å². The highest BCUT2D eigenvalue weighted by Crippen LogP contribution is 2.37. The van der Waals surface area contributed by atoms with E-state index in [0.29, 0.717) is 24.5 Å². The van der Waals surface area contributed by atoms with E-state index in [1.165, 1.54) is 17.7 Å². The predicted octanol–water partition coefficient (Wildman–Crippen LogP) is 6.79. The molecule has 0 fully saturated rings. The molecule has 1 heterocycles. The van der Waals surface area contributed by atoms with Crippen LogP contribution < -0.4 is 10.1 Å². The Bertz CT molecular complexity index is 1290. The van der Waals surface area contributed by atoms with Crippen LogP contribution in [0.5, 0.6) is 5.75 Å². The summed E-state index contributed by atoms with van der Waals surface area (Å²) in [4.78, 5) is 12.6. The van der Waals surface area contributed by atoms with Crippen LogP contribution in [0.25, 0.3) is 27.7 Å². The molecule has 1 N–H and O–H groups in total. The van der Waals surface area contributed by atoms with E-state index in [-0.39, 0.29) is 11.7 Å². The number of ether oxygens (including phenoxy) is 1. The van der Waals surface area contributed by atoms with Crippen molar-refractivity contribution >= 4 is 22.4 Å². The average Bonchev–Trinajstić information content (AvgIpc) is 3.25. The molecule has 174 valence electrons. The van der Waals surface area contributed by atoms with Gasteiger partial charge in [-0.3, -0.25) is 4.79 Å². The molecule has 0 saturated carbocycles. The lowest BCUT2D eigenvalue weighted by Gasteiger charge is -2.12. The zero-order valence-electron chi connectivity index (χ0n) is 19.4. The number of hydrogen-bond acceptors (Lipinski definition) is 3. The van der Waals surface area contributed by atoms with Crippen LogP contribution in [0.1, 0.15) is 31.4 Å². The molecule has 0 unspecified atom stereocenters. The molecular weight excluding hydrogens is 429 g/mol. The molecular formula is C29H28FNO3. The minimum atomic E-state index is -0.288. The van der Waals surface area contributed by atoms with Gasteiger partial charge in [0.05, 0.1) is 12.9 Å². The largest absolute Gasteiger partial charge is 0.493 e. The van der Waals surface area contributed by atoms with E-state index >= 15 is 0 Å². The summed E-state index contributed by atoms with van der Waals surface area (Å²) in [5.41, 5.74) is 5.25. The fraction of sp³-hybridized carbons (Fsp3) is 0.207. The maximum absolute atomic E-state index is 13.4. The molecule has 0 bridgehead atoms. The summed E-state index contributed by atoms with van der Waals surface area (Å²) < 4.78 is 25.0.